The molecule has 0 saturated carbocycles. The van der Waals surface area contributed by atoms with Crippen LogP contribution in [0.3, 0.4) is 0 Å². The maximum Gasteiger partial charge on any atom is 0.0294 e. The third-order valence-electron chi connectivity index (χ3n) is 3.36. The lowest BCUT2D eigenvalue weighted by Crippen LogP contribution is -2.43. The molecule has 1 N–H and O–H groups in total. The number of unbranched alkanes of at least 4 members (excludes halogenated alkanes) is 1. The van der Waals surface area contributed by atoms with Gasteiger partial charge in [0.1, 0.15) is 0 Å². The minimum atomic E-state index is 0.734. The molecule has 0 aromatic heterocycles. The second kappa shape index (κ2) is 7.88. The molecule has 0 bridgehead atoms. The van der Waals surface area contributed by atoms with E-state index in [1.54, 1.807) is 0 Å². The van der Waals surface area contributed by atoms with Crippen molar-refractivity contribution in [1.82, 2.24) is 5.32 Å². The van der Waals surface area contributed by atoms with Crippen LogP contribution in [-0.2, 0) is 0 Å². The van der Waals surface area contributed by atoms with E-state index in [0.717, 1.165) is 28.3 Å². The van der Waals surface area contributed by atoms with Gasteiger partial charge in [-0.3, -0.25) is 0 Å². The Morgan fingerprint density at radius 3 is 2.56 bits per heavy atom. The Hall–Kier alpha value is 0.660. The van der Waals surface area contributed by atoms with Gasteiger partial charge in [0.25, 0.3) is 0 Å². The molecule has 3 heteroatoms. The molecule has 1 saturated heterocycles. The predicted molar refractivity (Wildman–Crippen MR) is 79.8 cm³/mol. The zero-order chi connectivity index (χ0) is 12.0. The maximum atomic E-state index is 3.69. The summed E-state index contributed by atoms with van der Waals surface area (Å²) in [7, 11) is 0. The summed E-state index contributed by atoms with van der Waals surface area (Å²) in [6.07, 6.45) is 4.03. The largest absolute Gasteiger partial charge is 0.313 e. The minimum absolute atomic E-state index is 0.734. The lowest BCUT2D eigenvalue weighted by molar-refractivity contribution is 0.473. The van der Waals surface area contributed by atoms with Gasteiger partial charge in [-0.15, -0.1) is 0 Å². The van der Waals surface area contributed by atoms with Gasteiger partial charge in [0.15, 0.2) is 0 Å². The molecule has 1 fully saturated rings. The van der Waals surface area contributed by atoms with Gasteiger partial charge in [-0.05, 0) is 13.0 Å². The SMILES string of the molecule is CCCCC(NCC)C1CSC(C)C(C)S1. The van der Waals surface area contributed by atoms with Crippen LogP contribution in [0.5, 0.6) is 0 Å². The van der Waals surface area contributed by atoms with E-state index < -0.39 is 0 Å². The van der Waals surface area contributed by atoms with E-state index in [-0.39, 0.29) is 0 Å². The summed E-state index contributed by atoms with van der Waals surface area (Å²) >= 11 is 4.37. The highest BCUT2D eigenvalue weighted by Crippen LogP contribution is 2.37. The van der Waals surface area contributed by atoms with Crippen molar-refractivity contribution in [2.75, 3.05) is 12.3 Å². The Labute approximate surface area is 110 Å². The zero-order valence-electron chi connectivity index (χ0n) is 11.2. The highest BCUT2D eigenvalue weighted by molar-refractivity contribution is 8.07. The number of nitrogens with one attached hydrogen (secondary N) is 1. The second-order valence-corrected chi connectivity index (χ2v) is 7.76. The van der Waals surface area contributed by atoms with Gasteiger partial charge in [0.05, 0.1) is 0 Å². The van der Waals surface area contributed by atoms with Crippen molar-refractivity contribution in [2.45, 2.75) is 68.7 Å². The molecule has 0 aliphatic carbocycles. The summed E-state index contributed by atoms with van der Waals surface area (Å²) in [6, 6.07) is 0.734. The fourth-order valence-corrected chi connectivity index (χ4v) is 5.29. The first-order valence-corrected chi connectivity index (χ1v) is 8.68. The average Bonchev–Trinajstić information content (AvgIpc) is 2.28. The summed E-state index contributed by atoms with van der Waals surface area (Å²) in [4.78, 5) is 0. The van der Waals surface area contributed by atoms with Crippen LogP contribution in [0.4, 0.5) is 0 Å². The van der Waals surface area contributed by atoms with Crippen LogP contribution in [0.1, 0.15) is 47.0 Å². The summed E-state index contributed by atoms with van der Waals surface area (Å²) in [5.74, 6) is 1.33. The van der Waals surface area contributed by atoms with Crippen molar-refractivity contribution in [2.24, 2.45) is 0 Å². The highest BCUT2D eigenvalue weighted by atomic mass is 32.2. The average molecular weight is 262 g/mol. The smallest absolute Gasteiger partial charge is 0.0294 e. The fourth-order valence-electron chi connectivity index (χ4n) is 2.12. The lowest BCUT2D eigenvalue weighted by Gasteiger charge is -2.36. The molecule has 96 valence electrons. The van der Waals surface area contributed by atoms with Crippen molar-refractivity contribution < 1.29 is 0 Å². The van der Waals surface area contributed by atoms with E-state index in [4.69, 9.17) is 0 Å². The van der Waals surface area contributed by atoms with E-state index in [0.29, 0.717) is 0 Å². The van der Waals surface area contributed by atoms with Crippen LogP contribution in [0.15, 0.2) is 0 Å². The molecule has 0 radical (unpaired) electrons. The lowest BCUT2D eigenvalue weighted by atomic mass is 10.1. The first-order chi connectivity index (χ1) is 7.69. The van der Waals surface area contributed by atoms with Crippen molar-refractivity contribution in [1.29, 1.82) is 0 Å². The molecule has 4 unspecified atom stereocenters. The van der Waals surface area contributed by atoms with Crippen LogP contribution in [0, 0.1) is 0 Å². The molecule has 1 rings (SSSR count). The van der Waals surface area contributed by atoms with E-state index in [2.05, 4.69) is 56.5 Å². The van der Waals surface area contributed by atoms with Crippen LogP contribution in [0.25, 0.3) is 0 Å². The molecule has 16 heavy (non-hydrogen) atoms. The third kappa shape index (κ3) is 4.50. The minimum Gasteiger partial charge on any atom is -0.313 e. The van der Waals surface area contributed by atoms with Crippen LogP contribution in [-0.4, -0.2) is 34.1 Å². The molecule has 1 heterocycles. The Bertz CT molecular complexity index is 185. The molecular weight excluding hydrogens is 234 g/mol. The van der Waals surface area contributed by atoms with Gasteiger partial charge in [0, 0.05) is 27.5 Å². The Morgan fingerprint density at radius 1 is 1.25 bits per heavy atom. The van der Waals surface area contributed by atoms with Crippen molar-refractivity contribution in [3.8, 4) is 0 Å². The maximum absolute atomic E-state index is 3.69. The molecule has 1 nitrogen and oxygen atoms in total. The van der Waals surface area contributed by atoms with Gasteiger partial charge < -0.3 is 5.32 Å². The summed E-state index contributed by atoms with van der Waals surface area (Å²) in [5.41, 5.74) is 0. The molecule has 0 aromatic rings. The van der Waals surface area contributed by atoms with Crippen LogP contribution in [0.2, 0.25) is 0 Å². The second-order valence-electron chi connectivity index (χ2n) is 4.72. The molecular formula is C13H27NS2. The quantitative estimate of drug-likeness (QED) is 0.781. The van der Waals surface area contributed by atoms with Crippen molar-refractivity contribution in [3.05, 3.63) is 0 Å². The van der Waals surface area contributed by atoms with Crippen molar-refractivity contribution in [3.63, 3.8) is 0 Å². The fraction of sp³-hybridized carbons (Fsp3) is 1.00. The molecule has 1 aliphatic heterocycles. The topological polar surface area (TPSA) is 12.0 Å². The summed E-state index contributed by atoms with van der Waals surface area (Å²) < 4.78 is 0. The Kier molecular flexibility index (Phi) is 7.25. The third-order valence-corrected chi connectivity index (χ3v) is 6.91. The highest BCUT2D eigenvalue weighted by Gasteiger charge is 2.30. The van der Waals surface area contributed by atoms with E-state index in [9.17, 15) is 0 Å². The van der Waals surface area contributed by atoms with Gasteiger partial charge in [0.2, 0.25) is 0 Å². The first-order valence-electron chi connectivity index (χ1n) is 6.69. The van der Waals surface area contributed by atoms with Gasteiger partial charge in [-0.1, -0.05) is 40.5 Å². The van der Waals surface area contributed by atoms with E-state index >= 15 is 0 Å². The predicted octanol–water partition coefficient (Wildman–Crippen LogP) is 3.78. The monoisotopic (exact) mass is 261 g/mol. The normalized spacial score (nSPS) is 32.6. The van der Waals surface area contributed by atoms with Crippen LogP contribution >= 0.6 is 23.5 Å². The Balaban J connectivity index is 2.43. The molecule has 0 amide bonds. The number of thioether (sulfide) groups is 2. The number of hydrogen-bond donors (Lipinski definition) is 1. The molecule has 0 aromatic carbocycles. The van der Waals surface area contributed by atoms with Gasteiger partial charge in [-0.2, -0.15) is 23.5 Å². The summed E-state index contributed by atoms with van der Waals surface area (Å²) in [6.45, 7) is 10.4. The molecule has 1 aliphatic rings. The first kappa shape index (κ1) is 14.7. The standard InChI is InChI=1S/C13H27NS2/c1-5-7-8-12(14-6-2)13-9-15-10(3)11(4)16-13/h10-14H,5-9H2,1-4H3. The number of rotatable bonds is 6. The summed E-state index contributed by atoms with van der Waals surface area (Å²) in [5, 5.41) is 6.15. The van der Waals surface area contributed by atoms with Crippen LogP contribution < -0.4 is 5.32 Å². The zero-order valence-corrected chi connectivity index (χ0v) is 12.8. The van der Waals surface area contributed by atoms with E-state index in [1.807, 2.05) is 0 Å². The van der Waals surface area contributed by atoms with E-state index in [1.165, 1.54) is 25.0 Å². The Morgan fingerprint density at radius 2 is 2.00 bits per heavy atom. The molecule has 4 atom stereocenters. The van der Waals surface area contributed by atoms with Gasteiger partial charge >= 0.3 is 0 Å². The van der Waals surface area contributed by atoms with Crippen molar-refractivity contribution >= 4 is 23.5 Å². The van der Waals surface area contributed by atoms with Gasteiger partial charge in [-0.25, -0.2) is 0 Å². The number of hydrogen-bond acceptors (Lipinski definition) is 3. The molecule has 0 spiro atoms.